The smallest absolute Gasteiger partial charge is 0.322 e. The average molecular weight is 330 g/mol. The summed E-state index contributed by atoms with van der Waals surface area (Å²) in [4.78, 5) is 7.93. The van der Waals surface area contributed by atoms with Gasteiger partial charge in [0.2, 0.25) is 0 Å². The first-order chi connectivity index (χ1) is 7.65. The van der Waals surface area contributed by atoms with Gasteiger partial charge < -0.3 is 4.74 Å². The molecule has 0 fully saturated rings. The van der Waals surface area contributed by atoms with Gasteiger partial charge in [-0.3, -0.25) is 0 Å². The number of hydrogen-bond acceptors (Lipinski definition) is 3. The van der Waals surface area contributed by atoms with Crippen LogP contribution >= 0.6 is 22.6 Å². The van der Waals surface area contributed by atoms with Crippen molar-refractivity contribution in [3.63, 3.8) is 0 Å². The van der Waals surface area contributed by atoms with Crippen LogP contribution in [0.25, 0.3) is 0 Å². The maximum absolute atomic E-state index is 13.5. The van der Waals surface area contributed by atoms with E-state index in [1.807, 2.05) is 29.5 Å². The molecule has 5 heteroatoms. The standard InChI is InChI=1S/C11H8FIN2O/c1-7-4-5-14-11(15-7)16-10-3-2-8(13)6-9(10)12/h2-6H,1H3. The first-order valence-electron chi connectivity index (χ1n) is 4.58. The normalized spacial score (nSPS) is 10.2. The second kappa shape index (κ2) is 4.73. The fourth-order valence-electron chi connectivity index (χ4n) is 1.13. The lowest BCUT2D eigenvalue weighted by molar-refractivity contribution is 0.409. The molecule has 0 spiro atoms. The van der Waals surface area contributed by atoms with E-state index in [4.69, 9.17) is 4.74 Å². The molecule has 3 nitrogen and oxygen atoms in total. The Hall–Kier alpha value is -1.24. The zero-order valence-corrected chi connectivity index (χ0v) is 10.6. The molecule has 0 amide bonds. The third-order valence-electron chi connectivity index (χ3n) is 1.87. The average Bonchev–Trinajstić information content (AvgIpc) is 2.22. The van der Waals surface area contributed by atoms with E-state index >= 15 is 0 Å². The van der Waals surface area contributed by atoms with Crippen molar-refractivity contribution in [3.05, 3.63) is 45.5 Å². The number of hydrogen-bond donors (Lipinski definition) is 0. The summed E-state index contributed by atoms with van der Waals surface area (Å²) in [6, 6.07) is 6.61. The first kappa shape index (κ1) is 11.3. The molecule has 1 aromatic heterocycles. The Morgan fingerprint density at radius 3 is 2.81 bits per heavy atom. The molecule has 16 heavy (non-hydrogen) atoms. The SMILES string of the molecule is Cc1ccnc(Oc2ccc(I)cc2F)n1. The lowest BCUT2D eigenvalue weighted by atomic mass is 10.3. The van der Waals surface area contributed by atoms with Crippen LogP contribution in [0.1, 0.15) is 5.69 Å². The fraction of sp³-hybridized carbons (Fsp3) is 0.0909. The predicted octanol–water partition coefficient (Wildman–Crippen LogP) is 3.32. The summed E-state index contributed by atoms with van der Waals surface area (Å²) >= 11 is 2.03. The molecule has 0 aliphatic carbocycles. The van der Waals surface area contributed by atoms with Crippen molar-refractivity contribution in [1.29, 1.82) is 0 Å². The van der Waals surface area contributed by atoms with Crippen LogP contribution in [-0.4, -0.2) is 9.97 Å². The summed E-state index contributed by atoms with van der Waals surface area (Å²) in [5, 5.41) is 0. The van der Waals surface area contributed by atoms with Crippen molar-refractivity contribution in [2.75, 3.05) is 0 Å². The van der Waals surface area contributed by atoms with E-state index in [1.165, 1.54) is 6.07 Å². The molecule has 2 rings (SSSR count). The number of halogens is 2. The molecule has 1 heterocycles. The monoisotopic (exact) mass is 330 g/mol. The Morgan fingerprint density at radius 1 is 1.31 bits per heavy atom. The first-order valence-corrected chi connectivity index (χ1v) is 5.65. The minimum absolute atomic E-state index is 0.131. The van der Waals surface area contributed by atoms with E-state index in [9.17, 15) is 4.39 Å². The number of ether oxygens (including phenoxy) is 1. The van der Waals surface area contributed by atoms with Crippen molar-refractivity contribution in [2.45, 2.75) is 6.92 Å². The molecule has 0 radical (unpaired) electrons. The zero-order chi connectivity index (χ0) is 11.5. The van der Waals surface area contributed by atoms with E-state index in [1.54, 1.807) is 24.4 Å². The van der Waals surface area contributed by atoms with Crippen LogP contribution in [0.2, 0.25) is 0 Å². The van der Waals surface area contributed by atoms with Crippen molar-refractivity contribution in [1.82, 2.24) is 9.97 Å². The minimum atomic E-state index is -0.419. The van der Waals surface area contributed by atoms with Crippen LogP contribution in [0.3, 0.4) is 0 Å². The van der Waals surface area contributed by atoms with Crippen molar-refractivity contribution >= 4 is 22.6 Å². The number of benzene rings is 1. The molecule has 0 aliphatic rings. The molecule has 0 bridgehead atoms. The molecule has 0 aliphatic heterocycles. The quantitative estimate of drug-likeness (QED) is 0.793. The van der Waals surface area contributed by atoms with Gasteiger partial charge in [-0.25, -0.2) is 14.4 Å². The highest BCUT2D eigenvalue weighted by atomic mass is 127. The molecular formula is C11H8FIN2O. The van der Waals surface area contributed by atoms with E-state index in [-0.39, 0.29) is 11.8 Å². The van der Waals surface area contributed by atoms with Gasteiger partial charge in [-0.05, 0) is 53.8 Å². The van der Waals surface area contributed by atoms with Crippen LogP contribution in [0.5, 0.6) is 11.8 Å². The maximum Gasteiger partial charge on any atom is 0.322 e. The molecule has 0 saturated heterocycles. The predicted molar refractivity (Wildman–Crippen MR) is 66.0 cm³/mol. The molecule has 2 aromatic rings. The molecule has 0 unspecified atom stereocenters. The number of nitrogens with zero attached hydrogens (tertiary/aromatic N) is 2. The Morgan fingerprint density at radius 2 is 2.12 bits per heavy atom. The molecule has 0 atom stereocenters. The number of aryl methyl sites for hydroxylation is 1. The third-order valence-corrected chi connectivity index (χ3v) is 2.54. The molecular weight excluding hydrogens is 322 g/mol. The van der Waals surface area contributed by atoms with Crippen LogP contribution < -0.4 is 4.74 Å². The van der Waals surface area contributed by atoms with Gasteiger partial charge in [-0.15, -0.1) is 0 Å². The van der Waals surface area contributed by atoms with Gasteiger partial charge in [0.05, 0.1) is 0 Å². The van der Waals surface area contributed by atoms with Crippen molar-refractivity contribution in [2.24, 2.45) is 0 Å². The molecule has 0 N–H and O–H groups in total. The Labute approximate surface area is 106 Å². The van der Waals surface area contributed by atoms with Gasteiger partial charge >= 0.3 is 6.01 Å². The van der Waals surface area contributed by atoms with E-state index in [2.05, 4.69) is 9.97 Å². The van der Waals surface area contributed by atoms with Gasteiger partial charge in [0.25, 0.3) is 0 Å². The van der Waals surface area contributed by atoms with E-state index in [0.717, 1.165) is 9.26 Å². The highest BCUT2D eigenvalue weighted by molar-refractivity contribution is 14.1. The zero-order valence-electron chi connectivity index (χ0n) is 8.45. The summed E-state index contributed by atoms with van der Waals surface area (Å²) in [5.74, 6) is -0.289. The summed E-state index contributed by atoms with van der Waals surface area (Å²) in [6.45, 7) is 1.82. The van der Waals surface area contributed by atoms with Crippen LogP contribution in [-0.2, 0) is 0 Å². The topological polar surface area (TPSA) is 35.0 Å². The highest BCUT2D eigenvalue weighted by Gasteiger charge is 2.06. The van der Waals surface area contributed by atoms with Gasteiger partial charge in [-0.2, -0.15) is 0 Å². The molecule has 1 aromatic carbocycles. The summed E-state index contributed by atoms with van der Waals surface area (Å²) < 4.78 is 19.5. The lowest BCUT2D eigenvalue weighted by Crippen LogP contribution is -1.95. The van der Waals surface area contributed by atoms with Crippen molar-refractivity contribution in [3.8, 4) is 11.8 Å². The maximum atomic E-state index is 13.5. The Kier molecular flexibility index (Phi) is 3.33. The van der Waals surface area contributed by atoms with Gasteiger partial charge in [0.1, 0.15) is 0 Å². The van der Waals surface area contributed by atoms with Crippen LogP contribution in [0.4, 0.5) is 4.39 Å². The Balaban J connectivity index is 2.27. The van der Waals surface area contributed by atoms with Gasteiger partial charge in [0.15, 0.2) is 11.6 Å². The minimum Gasteiger partial charge on any atom is -0.421 e. The second-order valence-corrected chi connectivity index (χ2v) is 4.40. The number of rotatable bonds is 2. The lowest BCUT2D eigenvalue weighted by Gasteiger charge is -2.05. The summed E-state index contributed by atoms with van der Waals surface area (Å²) in [5.41, 5.74) is 0.774. The fourth-order valence-corrected chi connectivity index (χ4v) is 1.58. The number of aromatic nitrogens is 2. The van der Waals surface area contributed by atoms with Gasteiger partial charge in [-0.1, -0.05) is 0 Å². The van der Waals surface area contributed by atoms with Crippen LogP contribution in [0.15, 0.2) is 30.5 Å². The van der Waals surface area contributed by atoms with Crippen LogP contribution in [0, 0.1) is 16.3 Å². The van der Waals surface area contributed by atoms with Gasteiger partial charge in [0, 0.05) is 15.5 Å². The molecule has 82 valence electrons. The highest BCUT2D eigenvalue weighted by Crippen LogP contribution is 2.23. The summed E-state index contributed by atoms with van der Waals surface area (Å²) in [7, 11) is 0. The second-order valence-electron chi connectivity index (χ2n) is 3.16. The third kappa shape index (κ3) is 2.66. The van der Waals surface area contributed by atoms with E-state index in [0.29, 0.717) is 0 Å². The van der Waals surface area contributed by atoms with E-state index < -0.39 is 5.82 Å². The summed E-state index contributed by atoms with van der Waals surface area (Å²) in [6.07, 6.45) is 1.57. The molecule has 0 saturated carbocycles. The largest absolute Gasteiger partial charge is 0.421 e. The van der Waals surface area contributed by atoms with Crippen molar-refractivity contribution < 1.29 is 9.13 Å². The Bertz CT molecular complexity index is 519.